The standard InChI is InChI=1S/C10H19NO4S/c1-8(10(12)15-2)6-11-9-4-3-5-16(13,14)7-9/h8-9,11H,3-7H2,1-2H3. The van der Waals surface area contributed by atoms with Crippen molar-refractivity contribution in [2.45, 2.75) is 25.8 Å². The maximum Gasteiger partial charge on any atom is 0.309 e. The van der Waals surface area contributed by atoms with E-state index in [9.17, 15) is 13.2 Å². The molecule has 6 heteroatoms. The van der Waals surface area contributed by atoms with Crippen LogP contribution in [0.1, 0.15) is 19.8 Å². The first-order valence-electron chi connectivity index (χ1n) is 5.46. The Hall–Kier alpha value is -0.620. The maximum absolute atomic E-state index is 11.4. The van der Waals surface area contributed by atoms with Crippen LogP contribution >= 0.6 is 0 Å². The summed E-state index contributed by atoms with van der Waals surface area (Å²) in [6.45, 7) is 2.23. The monoisotopic (exact) mass is 249 g/mol. The molecule has 1 fully saturated rings. The van der Waals surface area contributed by atoms with Crippen LogP contribution in [0.5, 0.6) is 0 Å². The highest BCUT2D eigenvalue weighted by atomic mass is 32.2. The Balaban J connectivity index is 2.35. The van der Waals surface area contributed by atoms with Crippen LogP contribution in [0, 0.1) is 5.92 Å². The molecule has 2 atom stereocenters. The van der Waals surface area contributed by atoms with Gasteiger partial charge in [0.2, 0.25) is 0 Å². The van der Waals surface area contributed by atoms with Gasteiger partial charge in [0, 0.05) is 12.6 Å². The molecule has 1 heterocycles. The lowest BCUT2D eigenvalue weighted by atomic mass is 10.1. The summed E-state index contributed by atoms with van der Waals surface area (Å²) < 4.78 is 27.3. The number of hydrogen-bond acceptors (Lipinski definition) is 5. The fourth-order valence-corrected chi connectivity index (χ4v) is 3.48. The number of nitrogens with one attached hydrogen (secondary N) is 1. The lowest BCUT2D eigenvalue weighted by Crippen LogP contribution is -2.42. The van der Waals surface area contributed by atoms with E-state index in [2.05, 4.69) is 10.1 Å². The van der Waals surface area contributed by atoms with Gasteiger partial charge in [-0.3, -0.25) is 4.79 Å². The van der Waals surface area contributed by atoms with Crippen molar-refractivity contribution >= 4 is 15.8 Å². The first-order chi connectivity index (χ1) is 7.44. The first kappa shape index (κ1) is 13.4. The molecule has 0 spiro atoms. The summed E-state index contributed by atoms with van der Waals surface area (Å²) in [4.78, 5) is 11.1. The fourth-order valence-electron chi connectivity index (χ4n) is 1.81. The lowest BCUT2D eigenvalue weighted by Gasteiger charge is -2.24. The smallest absolute Gasteiger partial charge is 0.309 e. The third-order valence-electron chi connectivity index (χ3n) is 2.78. The third-order valence-corrected chi connectivity index (χ3v) is 4.60. The van der Waals surface area contributed by atoms with Gasteiger partial charge >= 0.3 is 5.97 Å². The van der Waals surface area contributed by atoms with Crippen LogP contribution < -0.4 is 5.32 Å². The van der Waals surface area contributed by atoms with Crippen LogP contribution in [0.15, 0.2) is 0 Å². The number of esters is 1. The number of sulfone groups is 1. The summed E-state index contributed by atoms with van der Waals surface area (Å²) in [5, 5.41) is 3.11. The van der Waals surface area contributed by atoms with Crippen LogP contribution in [0.4, 0.5) is 0 Å². The summed E-state index contributed by atoms with van der Waals surface area (Å²) in [5.41, 5.74) is 0. The van der Waals surface area contributed by atoms with Crippen LogP contribution in [0.25, 0.3) is 0 Å². The topological polar surface area (TPSA) is 72.5 Å². The molecule has 0 saturated carbocycles. The quantitative estimate of drug-likeness (QED) is 0.708. The first-order valence-corrected chi connectivity index (χ1v) is 7.28. The second-order valence-corrected chi connectivity index (χ2v) is 6.51. The number of carbonyl (C=O) groups is 1. The Labute approximate surface area is 96.5 Å². The molecule has 1 N–H and O–H groups in total. The molecule has 0 aromatic rings. The Bertz CT molecular complexity index is 339. The van der Waals surface area contributed by atoms with E-state index in [-0.39, 0.29) is 29.4 Å². The molecule has 0 aliphatic carbocycles. The molecule has 1 aliphatic heterocycles. The Morgan fingerprint density at radius 1 is 1.56 bits per heavy atom. The molecule has 0 aromatic heterocycles. The van der Waals surface area contributed by atoms with Gasteiger partial charge in [-0.25, -0.2) is 8.42 Å². The molecular weight excluding hydrogens is 230 g/mol. The largest absolute Gasteiger partial charge is 0.469 e. The second kappa shape index (κ2) is 5.63. The lowest BCUT2D eigenvalue weighted by molar-refractivity contribution is -0.144. The van der Waals surface area contributed by atoms with Gasteiger partial charge in [-0.15, -0.1) is 0 Å². The molecule has 1 aliphatic rings. The number of ether oxygens (including phenoxy) is 1. The Kier molecular flexibility index (Phi) is 4.73. The minimum atomic E-state index is -2.88. The van der Waals surface area contributed by atoms with Crippen LogP contribution in [0.2, 0.25) is 0 Å². The molecule has 0 radical (unpaired) electrons. The number of carbonyl (C=O) groups excluding carboxylic acids is 1. The van der Waals surface area contributed by atoms with E-state index in [1.165, 1.54) is 7.11 Å². The van der Waals surface area contributed by atoms with E-state index in [4.69, 9.17) is 0 Å². The van der Waals surface area contributed by atoms with Gasteiger partial charge in [-0.2, -0.15) is 0 Å². The van der Waals surface area contributed by atoms with Gasteiger partial charge in [0.25, 0.3) is 0 Å². The number of hydrogen-bond donors (Lipinski definition) is 1. The van der Waals surface area contributed by atoms with Gasteiger partial charge in [0.05, 0.1) is 24.5 Å². The predicted molar refractivity (Wildman–Crippen MR) is 60.9 cm³/mol. The zero-order valence-electron chi connectivity index (χ0n) is 9.73. The average molecular weight is 249 g/mol. The molecule has 16 heavy (non-hydrogen) atoms. The Morgan fingerprint density at radius 2 is 2.25 bits per heavy atom. The molecule has 1 rings (SSSR count). The minimum absolute atomic E-state index is 0.0224. The van der Waals surface area contributed by atoms with Gasteiger partial charge in [-0.1, -0.05) is 6.92 Å². The minimum Gasteiger partial charge on any atom is -0.469 e. The van der Waals surface area contributed by atoms with Crippen molar-refractivity contribution < 1.29 is 17.9 Å². The second-order valence-electron chi connectivity index (χ2n) is 4.29. The van der Waals surface area contributed by atoms with Crippen molar-refractivity contribution in [1.82, 2.24) is 5.32 Å². The van der Waals surface area contributed by atoms with Crippen LogP contribution in [-0.4, -0.2) is 45.6 Å². The molecular formula is C10H19NO4S. The number of rotatable bonds is 4. The molecule has 2 unspecified atom stereocenters. The van der Waals surface area contributed by atoms with E-state index in [0.29, 0.717) is 13.0 Å². The summed E-state index contributed by atoms with van der Waals surface area (Å²) in [6.07, 6.45) is 1.56. The summed E-state index contributed by atoms with van der Waals surface area (Å²) in [7, 11) is -1.53. The summed E-state index contributed by atoms with van der Waals surface area (Å²) >= 11 is 0. The van der Waals surface area contributed by atoms with Gasteiger partial charge in [0.1, 0.15) is 0 Å². The SMILES string of the molecule is COC(=O)C(C)CNC1CCCS(=O)(=O)C1. The molecule has 0 bridgehead atoms. The van der Waals surface area contributed by atoms with Crippen LogP contribution in [-0.2, 0) is 19.4 Å². The fraction of sp³-hybridized carbons (Fsp3) is 0.900. The van der Waals surface area contributed by atoms with E-state index in [1.807, 2.05) is 0 Å². The molecule has 0 aromatic carbocycles. The average Bonchev–Trinajstić information content (AvgIpc) is 2.23. The summed E-state index contributed by atoms with van der Waals surface area (Å²) in [6, 6.07) is -0.0224. The van der Waals surface area contributed by atoms with E-state index in [0.717, 1.165) is 6.42 Å². The third kappa shape index (κ3) is 4.09. The molecule has 94 valence electrons. The van der Waals surface area contributed by atoms with E-state index < -0.39 is 9.84 Å². The zero-order valence-corrected chi connectivity index (χ0v) is 10.5. The normalized spacial score (nSPS) is 26.0. The van der Waals surface area contributed by atoms with Crippen LogP contribution in [0.3, 0.4) is 0 Å². The van der Waals surface area contributed by atoms with Gasteiger partial charge in [-0.05, 0) is 12.8 Å². The van der Waals surface area contributed by atoms with Gasteiger partial charge in [0.15, 0.2) is 9.84 Å². The van der Waals surface area contributed by atoms with E-state index >= 15 is 0 Å². The van der Waals surface area contributed by atoms with E-state index in [1.54, 1.807) is 6.92 Å². The van der Waals surface area contributed by atoms with Crippen molar-refractivity contribution in [3.8, 4) is 0 Å². The van der Waals surface area contributed by atoms with Crippen molar-refractivity contribution in [2.24, 2.45) is 5.92 Å². The molecule has 1 saturated heterocycles. The Morgan fingerprint density at radius 3 is 2.81 bits per heavy atom. The number of methoxy groups -OCH3 is 1. The molecule has 0 amide bonds. The van der Waals surface area contributed by atoms with Crippen molar-refractivity contribution in [2.75, 3.05) is 25.2 Å². The zero-order chi connectivity index (χ0) is 12.2. The van der Waals surface area contributed by atoms with Crippen molar-refractivity contribution in [3.05, 3.63) is 0 Å². The summed E-state index contributed by atoms with van der Waals surface area (Å²) in [5.74, 6) is -0.0423. The maximum atomic E-state index is 11.4. The highest BCUT2D eigenvalue weighted by Gasteiger charge is 2.25. The van der Waals surface area contributed by atoms with Crippen molar-refractivity contribution in [1.29, 1.82) is 0 Å². The highest BCUT2D eigenvalue weighted by molar-refractivity contribution is 7.91. The highest BCUT2D eigenvalue weighted by Crippen LogP contribution is 2.12. The predicted octanol–water partition coefficient (Wildman–Crippen LogP) is -0.0377. The molecule has 5 nitrogen and oxygen atoms in total. The van der Waals surface area contributed by atoms with Crippen molar-refractivity contribution in [3.63, 3.8) is 0 Å². The van der Waals surface area contributed by atoms with Gasteiger partial charge < -0.3 is 10.1 Å².